The Bertz CT molecular complexity index is 502. The van der Waals surface area contributed by atoms with Crippen molar-refractivity contribution in [1.82, 2.24) is 0 Å². The monoisotopic (exact) mass is 244 g/mol. The maximum Gasteiger partial charge on any atom is 0.331 e. The zero-order valence-electron chi connectivity index (χ0n) is 8.38. The van der Waals surface area contributed by atoms with Crippen molar-refractivity contribution >= 4 is 15.8 Å². The van der Waals surface area contributed by atoms with E-state index in [1.165, 1.54) is 0 Å². The highest BCUT2D eigenvalue weighted by Crippen LogP contribution is 2.12. The molecule has 0 atom stereocenters. The molecule has 0 amide bonds. The van der Waals surface area contributed by atoms with Crippen molar-refractivity contribution < 1.29 is 22.3 Å². The van der Waals surface area contributed by atoms with Crippen molar-refractivity contribution in [2.75, 3.05) is 7.11 Å². The van der Waals surface area contributed by atoms with Crippen LogP contribution in [0.3, 0.4) is 0 Å². The Morgan fingerprint density at radius 1 is 1.31 bits per heavy atom. The Morgan fingerprint density at radius 2 is 1.88 bits per heavy atom. The molecule has 0 aliphatic heterocycles. The van der Waals surface area contributed by atoms with E-state index >= 15 is 0 Å². The lowest BCUT2D eigenvalue weighted by Crippen LogP contribution is -2.00. The molecule has 0 fully saturated rings. The standard InChI is InChI=1S/C10H9FO4S/c1-15-10(12)6-7-16(13,14)9-4-2-8(11)3-5-9/h2-7H,1H3. The Morgan fingerprint density at radius 3 is 2.38 bits per heavy atom. The number of hydrogen-bond donors (Lipinski definition) is 0. The van der Waals surface area contributed by atoms with E-state index in [1.54, 1.807) is 0 Å². The summed E-state index contributed by atoms with van der Waals surface area (Å²) in [5, 5.41) is 0.714. The number of sulfone groups is 1. The van der Waals surface area contributed by atoms with Gasteiger partial charge in [0.1, 0.15) is 5.82 Å². The maximum atomic E-state index is 12.6. The molecular formula is C10H9FO4S. The van der Waals surface area contributed by atoms with Crippen LogP contribution in [-0.4, -0.2) is 21.5 Å². The van der Waals surface area contributed by atoms with E-state index in [4.69, 9.17) is 0 Å². The summed E-state index contributed by atoms with van der Waals surface area (Å²) in [6.07, 6.45) is 0.790. The second kappa shape index (κ2) is 4.89. The van der Waals surface area contributed by atoms with Gasteiger partial charge in [-0.2, -0.15) is 0 Å². The molecule has 6 heteroatoms. The number of ether oxygens (including phenoxy) is 1. The number of benzene rings is 1. The topological polar surface area (TPSA) is 60.4 Å². The third-order valence-electron chi connectivity index (χ3n) is 1.73. The molecule has 4 nitrogen and oxygen atoms in total. The van der Waals surface area contributed by atoms with Gasteiger partial charge in [0, 0.05) is 11.5 Å². The number of hydrogen-bond acceptors (Lipinski definition) is 4. The van der Waals surface area contributed by atoms with E-state index < -0.39 is 21.6 Å². The molecule has 0 bridgehead atoms. The average Bonchev–Trinajstić information content (AvgIpc) is 2.26. The molecule has 0 heterocycles. The van der Waals surface area contributed by atoms with Crippen LogP contribution < -0.4 is 0 Å². The van der Waals surface area contributed by atoms with Gasteiger partial charge < -0.3 is 4.74 Å². The maximum absolute atomic E-state index is 12.6. The van der Waals surface area contributed by atoms with Crippen molar-refractivity contribution in [3.8, 4) is 0 Å². The van der Waals surface area contributed by atoms with Gasteiger partial charge in [-0.15, -0.1) is 0 Å². The average molecular weight is 244 g/mol. The van der Waals surface area contributed by atoms with Crippen LogP contribution >= 0.6 is 0 Å². The molecule has 16 heavy (non-hydrogen) atoms. The Hall–Kier alpha value is -1.69. The fraction of sp³-hybridized carbons (Fsp3) is 0.100. The summed E-state index contributed by atoms with van der Waals surface area (Å²) >= 11 is 0. The normalized spacial score (nSPS) is 11.6. The van der Waals surface area contributed by atoms with Crippen LogP contribution in [0.4, 0.5) is 4.39 Å². The van der Waals surface area contributed by atoms with Gasteiger partial charge >= 0.3 is 5.97 Å². The highest BCUT2D eigenvalue weighted by molar-refractivity contribution is 7.94. The summed E-state index contributed by atoms with van der Waals surface area (Å²) in [6, 6.07) is 4.29. The van der Waals surface area contributed by atoms with Crippen molar-refractivity contribution in [3.05, 3.63) is 41.6 Å². The second-order valence-corrected chi connectivity index (χ2v) is 4.66. The van der Waals surface area contributed by atoms with Crippen molar-refractivity contribution in [3.63, 3.8) is 0 Å². The Balaban J connectivity index is 2.99. The molecule has 0 aromatic heterocycles. The SMILES string of the molecule is COC(=O)C=CS(=O)(=O)c1ccc(F)cc1. The van der Waals surface area contributed by atoms with E-state index in [0.29, 0.717) is 5.41 Å². The van der Waals surface area contributed by atoms with E-state index in [1.807, 2.05) is 0 Å². The summed E-state index contributed by atoms with van der Waals surface area (Å²) in [5.41, 5.74) is 0. The number of carbonyl (C=O) groups excluding carboxylic acids is 1. The summed E-state index contributed by atoms with van der Waals surface area (Å²) in [7, 11) is -2.59. The third kappa shape index (κ3) is 3.16. The third-order valence-corrected chi connectivity index (χ3v) is 3.15. The zero-order chi connectivity index (χ0) is 12.2. The predicted molar refractivity (Wildman–Crippen MR) is 54.7 cm³/mol. The predicted octanol–water partition coefficient (Wildman–Crippen LogP) is 1.29. The van der Waals surface area contributed by atoms with Gasteiger partial charge in [0.2, 0.25) is 0 Å². The smallest absolute Gasteiger partial charge is 0.331 e. The van der Waals surface area contributed by atoms with Crippen LogP contribution in [0.1, 0.15) is 0 Å². The molecule has 0 saturated carbocycles. The summed E-state index contributed by atoms with van der Waals surface area (Å²) in [5.74, 6) is -1.30. The zero-order valence-corrected chi connectivity index (χ0v) is 9.20. The van der Waals surface area contributed by atoms with E-state index in [2.05, 4.69) is 4.74 Å². The fourth-order valence-corrected chi connectivity index (χ4v) is 1.88. The molecular weight excluding hydrogens is 235 g/mol. The molecule has 0 spiro atoms. The first-order chi connectivity index (χ1) is 7.45. The van der Waals surface area contributed by atoms with Crippen molar-refractivity contribution in [2.45, 2.75) is 4.90 Å². The highest BCUT2D eigenvalue weighted by Gasteiger charge is 2.10. The number of methoxy groups -OCH3 is 1. The first-order valence-corrected chi connectivity index (χ1v) is 5.77. The minimum atomic E-state index is -3.73. The van der Waals surface area contributed by atoms with E-state index in [9.17, 15) is 17.6 Å². The van der Waals surface area contributed by atoms with Crippen LogP contribution in [0, 0.1) is 5.82 Å². The lowest BCUT2D eigenvalue weighted by Gasteiger charge is -1.98. The number of halogens is 1. The molecule has 0 N–H and O–H groups in total. The highest BCUT2D eigenvalue weighted by atomic mass is 32.2. The van der Waals surface area contributed by atoms with Crippen LogP contribution in [0.25, 0.3) is 0 Å². The summed E-state index contributed by atoms with van der Waals surface area (Å²) < 4.78 is 39.9. The van der Waals surface area contributed by atoms with E-state index in [0.717, 1.165) is 37.5 Å². The fourth-order valence-electron chi connectivity index (χ4n) is 0.916. The molecule has 1 rings (SSSR count). The van der Waals surface area contributed by atoms with Crippen LogP contribution in [0.5, 0.6) is 0 Å². The summed E-state index contributed by atoms with van der Waals surface area (Å²) in [6.45, 7) is 0. The van der Waals surface area contributed by atoms with Crippen LogP contribution in [0.15, 0.2) is 40.6 Å². The largest absolute Gasteiger partial charge is 0.466 e. The quantitative estimate of drug-likeness (QED) is 0.456. The van der Waals surface area contributed by atoms with E-state index in [-0.39, 0.29) is 4.90 Å². The van der Waals surface area contributed by atoms with Crippen LogP contribution in [-0.2, 0) is 19.4 Å². The lowest BCUT2D eigenvalue weighted by molar-refractivity contribution is -0.134. The molecule has 0 saturated heterocycles. The molecule has 0 aliphatic carbocycles. The molecule has 0 unspecified atom stereocenters. The van der Waals surface area contributed by atoms with Gasteiger partial charge in [-0.1, -0.05) is 0 Å². The van der Waals surface area contributed by atoms with Gasteiger partial charge in [0.05, 0.1) is 12.0 Å². The van der Waals surface area contributed by atoms with Crippen molar-refractivity contribution in [1.29, 1.82) is 0 Å². The Kier molecular flexibility index (Phi) is 3.78. The van der Waals surface area contributed by atoms with Gasteiger partial charge in [0.15, 0.2) is 9.84 Å². The van der Waals surface area contributed by atoms with Gasteiger partial charge in [0.25, 0.3) is 0 Å². The molecule has 0 radical (unpaired) electrons. The lowest BCUT2D eigenvalue weighted by atomic mass is 10.4. The molecule has 1 aromatic rings. The first-order valence-electron chi connectivity index (χ1n) is 4.22. The number of carbonyl (C=O) groups is 1. The molecule has 1 aromatic carbocycles. The minimum Gasteiger partial charge on any atom is -0.466 e. The second-order valence-electron chi connectivity index (χ2n) is 2.82. The Labute approximate surface area is 92.3 Å². The number of rotatable bonds is 3. The van der Waals surface area contributed by atoms with Gasteiger partial charge in [-0.3, -0.25) is 0 Å². The first kappa shape index (κ1) is 12.4. The van der Waals surface area contributed by atoms with Crippen LogP contribution in [0.2, 0.25) is 0 Å². The van der Waals surface area contributed by atoms with Crippen molar-refractivity contribution in [2.24, 2.45) is 0 Å². The minimum absolute atomic E-state index is 0.0888. The number of esters is 1. The van der Waals surface area contributed by atoms with Gasteiger partial charge in [-0.05, 0) is 24.3 Å². The van der Waals surface area contributed by atoms with Gasteiger partial charge in [-0.25, -0.2) is 17.6 Å². The molecule has 0 aliphatic rings. The molecule has 86 valence electrons. The summed E-state index contributed by atoms with van der Waals surface area (Å²) in [4.78, 5) is 10.6.